The van der Waals surface area contributed by atoms with E-state index in [0.717, 1.165) is 57.5 Å². The highest BCUT2D eigenvalue weighted by molar-refractivity contribution is 7.80. The van der Waals surface area contributed by atoms with Gasteiger partial charge in [-0.05, 0) is 44.8 Å². The first kappa shape index (κ1) is 16.8. The van der Waals surface area contributed by atoms with Crippen molar-refractivity contribution in [1.82, 2.24) is 0 Å². The molecule has 0 aliphatic carbocycles. The number of ether oxygens (including phenoxy) is 2. The summed E-state index contributed by atoms with van der Waals surface area (Å²) in [5.74, 6) is 0.772. The lowest BCUT2D eigenvalue weighted by Crippen LogP contribution is -2.05. The minimum atomic E-state index is -0.0684. The number of thiol groups is 1. The molecule has 0 aliphatic rings. The average Bonchev–Trinajstić information content (AvgIpc) is 2.33. The van der Waals surface area contributed by atoms with Crippen molar-refractivity contribution in [2.45, 2.75) is 51.9 Å². The molecular formula is C13H26O3S. The highest BCUT2D eigenvalue weighted by Gasteiger charge is 2.01. The number of rotatable bonds is 12. The monoisotopic (exact) mass is 262 g/mol. The predicted molar refractivity (Wildman–Crippen MR) is 73.6 cm³/mol. The van der Waals surface area contributed by atoms with Gasteiger partial charge in [-0.25, -0.2) is 0 Å². The van der Waals surface area contributed by atoms with Crippen LogP contribution < -0.4 is 0 Å². The minimum absolute atomic E-state index is 0.0684. The van der Waals surface area contributed by atoms with Crippen molar-refractivity contribution in [3.05, 3.63) is 0 Å². The molecule has 0 unspecified atom stereocenters. The fourth-order valence-corrected chi connectivity index (χ4v) is 1.67. The van der Waals surface area contributed by atoms with Gasteiger partial charge in [0.15, 0.2) is 0 Å². The summed E-state index contributed by atoms with van der Waals surface area (Å²) in [5, 5.41) is 0. The molecule has 0 fully saturated rings. The maximum absolute atomic E-state index is 11.2. The van der Waals surface area contributed by atoms with Crippen LogP contribution in [-0.2, 0) is 14.3 Å². The summed E-state index contributed by atoms with van der Waals surface area (Å²) in [6.45, 7) is 4.21. The van der Waals surface area contributed by atoms with Crippen molar-refractivity contribution in [1.29, 1.82) is 0 Å². The van der Waals surface area contributed by atoms with E-state index in [1.54, 1.807) is 0 Å². The molecule has 0 aliphatic heterocycles. The van der Waals surface area contributed by atoms with Crippen LogP contribution in [0.15, 0.2) is 0 Å². The van der Waals surface area contributed by atoms with Crippen LogP contribution in [0.2, 0.25) is 0 Å². The van der Waals surface area contributed by atoms with E-state index >= 15 is 0 Å². The Balaban J connectivity index is 3.08. The fourth-order valence-electron chi connectivity index (χ4n) is 1.44. The molecule has 0 N–H and O–H groups in total. The van der Waals surface area contributed by atoms with Gasteiger partial charge in [0.25, 0.3) is 0 Å². The number of esters is 1. The number of carbonyl (C=O) groups is 1. The number of hydrogen-bond acceptors (Lipinski definition) is 4. The summed E-state index contributed by atoms with van der Waals surface area (Å²) in [6.07, 6.45) is 6.72. The Labute approximate surface area is 111 Å². The van der Waals surface area contributed by atoms with Gasteiger partial charge in [-0.3, -0.25) is 4.79 Å². The summed E-state index contributed by atoms with van der Waals surface area (Å²) in [6, 6.07) is 0. The zero-order valence-electron chi connectivity index (χ0n) is 11.0. The molecule has 102 valence electrons. The molecule has 0 aromatic rings. The molecule has 0 saturated carbocycles. The quantitative estimate of drug-likeness (QED) is 0.333. The van der Waals surface area contributed by atoms with Gasteiger partial charge < -0.3 is 9.47 Å². The van der Waals surface area contributed by atoms with Gasteiger partial charge in [0.2, 0.25) is 0 Å². The van der Waals surface area contributed by atoms with E-state index < -0.39 is 0 Å². The van der Waals surface area contributed by atoms with Crippen LogP contribution in [0.4, 0.5) is 0 Å². The molecule has 3 nitrogen and oxygen atoms in total. The topological polar surface area (TPSA) is 35.5 Å². The third-order valence-corrected chi connectivity index (χ3v) is 2.76. The zero-order chi connectivity index (χ0) is 12.8. The molecule has 0 atom stereocenters. The molecule has 0 rings (SSSR count). The van der Waals surface area contributed by atoms with Crippen molar-refractivity contribution in [3.63, 3.8) is 0 Å². The molecule has 0 radical (unpaired) electrons. The molecular weight excluding hydrogens is 236 g/mol. The first-order chi connectivity index (χ1) is 8.31. The molecule has 0 amide bonds. The van der Waals surface area contributed by atoms with E-state index in [2.05, 4.69) is 12.6 Å². The SMILES string of the molecule is CCOCCCCCCOC(=O)CCCCS. The highest BCUT2D eigenvalue weighted by atomic mass is 32.1. The summed E-state index contributed by atoms with van der Waals surface area (Å²) in [7, 11) is 0. The van der Waals surface area contributed by atoms with Crippen LogP contribution in [0.1, 0.15) is 51.9 Å². The maximum Gasteiger partial charge on any atom is 0.305 e. The molecule has 0 heterocycles. The minimum Gasteiger partial charge on any atom is -0.466 e. The van der Waals surface area contributed by atoms with Crippen molar-refractivity contribution < 1.29 is 14.3 Å². The normalized spacial score (nSPS) is 10.5. The van der Waals surface area contributed by atoms with Gasteiger partial charge in [-0.15, -0.1) is 0 Å². The molecule has 17 heavy (non-hydrogen) atoms. The molecule has 4 heteroatoms. The van der Waals surface area contributed by atoms with Crippen LogP contribution in [0.25, 0.3) is 0 Å². The Kier molecular flexibility index (Phi) is 13.7. The first-order valence-corrected chi connectivity index (χ1v) is 7.28. The third kappa shape index (κ3) is 13.7. The Morgan fingerprint density at radius 1 is 1.00 bits per heavy atom. The molecule has 0 aromatic carbocycles. The van der Waals surface area contributed by atoms with E-state index in [9.17, 15) is 4.79 Å². The predicted octanol–water partition coefficient (Wildman–Crippen LogP) is 3.23. The van der Waals surface area contributed by atoms with Gasteiger partial charge in [0, 0.05) is 19.6 Å². The van der Waals surface area contributed by atoms with Crippen LogP contribution in [0.3, 0.4) is 0 Å². The Bertz CT molecular complexity index is 174. The first-order valence-electron chi connectivity index (χ1n) is 6.65. The molecule has 0 aromatic heterocycles. The summed E-state index contributed by atoms with van der Waals surface area (Å²) in [5.41, 5.74) is 0. The van der Waals surface area contributed by atoms with Gasteiger partial charge in [-0.2, -0.15) is 12.6 Å². The largest absolute Gasteiger partial charge is 0.466 e. The Hall–Kier alpha value is -0.220. The number of unbranched alkanes of at least 4 members (excludes halogenated alkanes) is 4. The smallest absolute Gasteiger partial charge is 0.305 e. The lowest BCUT2D eigenvalue weighted by molar-refractivity contribution is -0.143. The van der Waals surface area contributed by atoms with Gasteiger partial charge in [0.1, 0.15) is 0 Å². The van der Waals surface area contributed by atoms with E-state index in [1.165, 1.54) is 0 Å². The van der Waals surface area contributed by atoms with Crippen LogP contribution >= 0.6 is 12.6 Å². The maximum atomic E-state index is 11.2. The average molecular weight is 262 g/mol. The molecule has 0 spiro atoms. The summed E-state index contributed by atoms with van der Waals surface area (Å²) >= 11 is 4.09. The van der Waals surface area contributed by atoms with Crippen molar-refractivity contribution in [2.24, 2.45) is 0 Å². The summed E-state index contributed by atoms with van der Waals surface area (Å²) < 4.78 is 10.4. The van der Waals surface area contributed by atoms with E-state index in [-0.39, 0.29) is 5.97 Å². The van der Waals surface area contributed by atoms with Crippen LogP contribution in [0.5, 0.6) is 0 Å². The van der Waals surface area contributed by atoms with Crippen molar-refractivity contribution >= 4 is 18.6 Å². The van der Waals surface area contributed by atoms with Gasteiger partial charge in [0.05, 0.1) is 6.61 Å². The Morgan fingerprint density at radius 3 is 2.35 bits per heavy atom. The van der Waals surface area contributed by atoms with Gasteiger partial charge in [-0.1, -0.05) is 6.42 Å². The number of carbonyl (C=O) groups excluding carboxylic acids is 1. The second kappa shape index (κ2) is 13.8. The fraction of sp³-hybridized carbons (Fsp3) is 0.923. The van der Waals surface area contributed by atoms with Crippen molar-refractivity contribution in [2.75, 3.05) is 25.6 Å². The summed E-state index contributed by atoms with van der Waals surface area (Å²) in [4.78, 5) is 11.2. The van der Waals surface area contributed by atoms with E-state index in [1.807, 2.05) is 6.92 Å². The number of hydrogen-bond donors (Lipinski definition) is 1. The lowest BCUT2D eigenvalue weighted by atomic mass is 10.2. The van der Waals surface area contributed by atoms with E-state index in [0.29, 0.717) is 13.0 Å². The highest BCUT2D eigenvalue weighted by Crippen LogP contribution is 2.03. The zero-order valence-corrected chi connectivity index (χ0v) is 11.8. The standard InChI is InChI=1S/C13H26O3S/c1-2-15-10-6-3-4-7-11-16-13(14)9-5-8-12-17/h17H,2-12H2,1H3. The van der Waals surface area contributed by atoms with Crippen LogP contribution in [0, 0.1) is 0 Å². The second-order valence-corrected chi connectivity index (χ2v) is 4.46. The van der Waals surface area contributed by atoms with Crippen LogP contribution in [-0.4, -0.2) is 31.5 Å². The second-order valence-electron chi connectivity index (χ2n) is 4.01. The molecule has 0 saturated heterocycles. The van der Waals surface area contributed by atoms with Crippen molar-refractivity contribution in [3.8, 4) is 0 Å². The Morgan fingerprint density at radius 2 is 1.71 bits per heavy atom. The molecule has 0 bridgehead atoms. The third-order valence-electron chi connectivity index (χ3n) is 2.44. The van der Waals surface area contributed by atoms with Gasteiger partial charge >= 0.3 is 5.97 Å². The lowest BCUT2D eigenvalue weighted by Gasteiger charge is -2.04. The van der Waals surface area contributed by atoms with E-state index in [4.69, 9.17) is 9.47 Å².